The van der Waals surface area contributed by atoms with Gasteiger partial charge in [-0.3, -0.25) is 19.4 Å². The van der Waals surface area contributed by atoms with E-state index in [4.69, 9.17) is 4.74 Å². The summed E-state index contributed by atoms with van der Waals surface area (Å²) in [5.41, 5.74) is -0.311. The average molecular weight is 322 g/mol. The minimum atomic E-state index is -0.768. The molecule has 1 aromatic carbocycles. The lowest BCUT2D eigenvalue weighted by atomic mass is 10.2. The van der Waals surface area contributed by atoms with Crippen molar-refractivity contribution in [2.75, 3.05) is 11.4 Å². The van der Waals surface area contributed by atoms with Gasteiger partial charge in [0.1, 0.15) is 24.0 Å². The Morgan fingerprint density at radius 3 is 2.30 bits per heavy atom. The fraction of sp³-hybridized carbons (Fsp3) is 0.438. The molecular formula is C16H19FN2O4. The third-order valence-corrected chi connectivity index (χ3v) is 3.26. The van der Waals surface area contributed by atoms with E-state index < -0.39 is 41.9 Å². The van der Waals surface area contributed by atoms with Crippen molar-refractivity contribution < 1.29 is 23.5 Å². The zero-order valence-corrected chi connectivity index (χ0v) is 13.5. The largest absolute Gasteiger partial charge is 0.459 e. The van der Waals surface area contributed by atoms with Crippen molar-refractivity contribution in [3.63, 3.8) is 0 Å². The van der Waals surface area contributed by atoms with Crippen LogP contribution in [0.5, 0.6) is 0 Å². The minimum absolute atomic E-state index is 0.393. The first kappa shape index (κ1) is 16.9. The Bertz CT molecular complexity index is 636. The van der Waals surface area contributed by atoms with Gasteiger partial charge in [0.15, 0.2) is 0 Å². The summed E-state index contributed by atoms with van der Waals surface area (Å²) in [5.74, 6) is -1.59. The first-order valence-corrected chi connectivity index (χ1v) is 7.22. The van der Waals surface area contributed by atoms with Crippen molar-refractivity contribution in [3.05, 3.63) is 30.1 Å². The predicted molar refractivity (Wildman–Crippen MR) is 81.3 cm³/mol. The van der Waals surface area contributed by atoms with Gasteiger partial charge in [-0.15, -0.1) is 0 Å². The smallest absolute Gasteiger partial charge is 0.332 e. The number of amides is 3. The van der Waals surface area contributed by atoms with Crippen molar-refractivity contribution in [1.29, 1.82) is 0 Å². The molecule has 0 aromatic heterocycles. The molecule has 1 heterocycles. The van der Waals surface area contributed by atoms with E-state index in [1.165, 1.54) is 29.2 Å². The van der Waals surface area contributed by atoms with Gasteiger partial charge < -0.3 is 4.74 Å². The van der Waals surface area contributed by atoms with E-state index in [-0.39, 0.29) is 0 Å². The normalized spacial score (nSPS) is 18.6. The van der Waals surface area contributed by atoms with Crippen LogP contribution in [0.4, 0.5) is 14.9 Å². The van der Waals surface area contributed by atoms with E-state index in [0.29, 0.717) is 5.69 Å². The summed E-state index contributed by atoms with van der Waals surface area (Å²) >= 11 is 0. The maximum atomic E-state index is 13.0. The van der Waals surface area contributed by atoms with E-state index >= 15 is 0 Å². The number of hydrogen-bond donors (Lipinski definition) is 0. The van der Waals surface area contributed by atoms with Crippen LogP contribution in [-0.4, -0.2) is 41.0 Å². The molecular weight excluding hydrogens is 303 g/mol. The highest BCUT2D eigenvalue weighted by molar-refractivity contribution is 6.15. The molecule has 1 aromatic rings. The minimum Gasteiger partial charge on any atom is -0.459 e. The molecule has 2 rings (SSSR count). The summed E-state index contributed by atoms with van der Waals surface area (Å²) in [6, 6.07) is 3.84. The van der Waals surface area contributed by atoms with Crippen molar-refractivity contribution in [1.82, 2.24) is 4.90 Å². The van der Waals surface area contributed by atoms with Crippen molar-refractivity contribution >= 4 is 23.6 Å². The van der Waals surface area contributed by atoms with Crippen LogP contribution in [0.1, 0.15) is 27.7 Å². The monoisotopic (exact) mass is 322 g/mol. The molecule has 0 spiro atoms. The molecule has 6 nitrogen and oxygen atoms in total. The fourth-order valence-electron chi connectivity index (χ4n) is 2.31. The Labute approximate surface area is 133 Å². The molecule has 0 N–H and O–H groups in total. The molecule has 1 unspecified atom stereocenters. The van der Waals surface area contributed by atoms with Crippen LogP contribution in [0.2, 0.25) is 0 Å². The highest BCUT2D eigenvalue weighted by Crippen LogP contribution is 2.26. The second-order valence-corrected chi connectivity index (χ2v) is 6.32. The number of anilines is 1. The first-order chi connectivity index (χ1) is 10.6. The second kappa shape index (κ2) is 5.98. The molecule has 3 amide bonds. The van der Waals surface area contributed by atoms with Crippen LogP contribution >= 0.6 is 0 Å². The summed E-state index contributed by atoms with van der Waals surface area (Å²) in [5, 5.41) is 0. The quantitative estimate of drug-likeness (QED) is 0.633. The van der Waals surface area contributed by atoms with Gasteiger partial charge >= 0.3 is 12.0 Å². The van der Waals surface area contributed by atoms with Gasteiger partial charge in [0, 0.05) is 5.69 Å². The van der Waals surface area contributed by atoms with E-state index in [9.17, 15) is 18.8 Å². The van der Waals surface area contributed by atoms with Crippen LogP contribution in [0.25, 0.3) is 0 Å². The lowest BCUT2D eigenvalue weighted by Crippen LogP contribution is -2.39. The molecule has 1 fully saturated rings. The van der Waals surface area contributed by atoms with Gasteiger partial charge in [0.2, 0.25) is 0 Å². The van der Waals surface area contributed by atoms with Gasteiger partial charge in [-0.25, -0.2) is 9.18 Å². The number of ether oxygens (including phenoxy) is 1. The van der Waals surface area contributed by atoms with Gasteiger partial charge in [-0.2, -0.15) is 0 Å². The van der Waals surface area contributed by atoms with Gasteiger partial charge in [0.25, 0.3) is 5.91 Å². The standard InChI is InChI=1S/C16H19FN2O4/c1-10-14(21)18(9-13(20)23-16(2,3)4)15(22)19(10)12-7-5-11(17)6-8-12/h5-8,10H,9H2,1-4H3. The first-order valence-electron chi connectivity index (χ1n) is 7.22. The number of esters is 1. The Balaban J connectivity index is 2.18. The van der Waals surface area contributed by atoms with Gasteiger partial charge in [0.05, 0.1) is 0 Å². The summed E-state index contributed by atoms with van der Waals surface area (Å²) in [7, 11) is 0. The van der Waals surface area contributed by atoms with Gasteiger partial charge in [-0.05, 0) is 52.0 Å². The SMILES string of the molecule is CC1C(=O)N(CC(=O)OC(C)(C)C)C(=O)N1c1ccc(F)cc1. The zero-order valence-electron chi connectivity index (χ0n) is 13.5. The molecule has 7 heteroatoms. The number of benzene rings is 1. The molecule has 1 aliphatic heterocycles. The van der Waals surface area contributed by atoms with E-state index in [1.807, 2.05) is 0 Å². The number of hydrogen-bond acceptors (Lipinski definition) is 4. The van der Waals surface area contributed by atoms with Crippen LogP contribution in [0.15, 0.2) is 24.3 Å². The molecule has 0 radical (unpaired) electrons. The Morgan fingerprint density at radius 1 is 1.22 bits per heavy atom. The lowest BCUT2D eigenvalue weighted by molar-refractivity contribution is -0.157. The number of carbonyl (C=O) groups is 3. The number of urea groups is 1. The number of nitrogens with zero attached hydrogens (tertiary/aromatic N) is 2. The highest BCUT2D eigenvalue weighted by Gasteiger charge is 2.44. The third-order valence-electron chi connectivity index (χ3n) is 3.26. The number of imide groups is 1. The van der Waals surface area contributed by atoms with Crippen molar-refractivity contribution in [2.24, 2.45) is 0 Å². The van der Waals surface area contributed by atoms with Crippen LogP contribution < -0.4 is 4.90 Å². The van der Waals surface area contributed by atoms with Crippen molar-refractivity contribution in [2.45, 2.75) is 39.3 Å². The Hall–Kier alpha value is -2.44. The molecule has 1 atom stereocenters. The molecule has 0 aliphatic carbocycles. The maximum absolute atomic E-state index is 13.0. The Morgan fingerprint density at radius 2 is 1.78 bits per heavy atom. The summed E-state index contributed by atoms with van der Waals surface area (Å²) < 4.78 is 18.1. The van der Waals surface area contributed by atoms with Crippen LogP contribution in [-0.2, 0) is 14.3 Å². The second-order valence-electron chi connectivity index (χ2n) is 6.32. The molecule has 124 valence electrons. The molecule has 1 saturated heterocycles. The number of halogens is 1. The zero-order chi connectivity index (χ0) is 17.4. The van der Waals surface area contributed by atoms with E-state index in [1.54, 1.807) is 27.7 Å². The van der Waals surface area contributed by atoms with Crippen LogP contribution in [0, 0.1) is 5.82 Å². The molecule has 1 aliphatic rings. The average Bonchev–Trinajstić information content (AvgIpc) is 2.62. The summed E-state index contributed by atoms with van der Waals surface area (Å²) in [6.45, 7) is 6.21. The number of rotatable bonds is 3. The predicted octanol–water partition coefficient (Wildman–Crippen LogP) is 2.32. The van der Waals surface area contributed by atoms with Crippen LogP contribution in [0.3, 0.4) is 0 Å². The van der Waals surface area contributed by atoms with Crippen molar-refractivity contribution in [3.8, 4) is 0 Å². The molecule has 0 bridgehead atoms. The lowest BCUT2D eigenvalue weighted by Gasteiger charge is -2.22. The topological polar surface area (TPSA) is 66.9 Å². The molecule has 23 heavy (non-hydrogen) atoms. The summed E-state index contributed by atoms with van der Waals surface area (Å²) in [6.07, 6.45) is 0. The van der Waals surface area contributed by atoms with E-state index in [0.717, 1.165) is 4.90 Å². The van der Waals surface area contributed by atoms with Gasteiger partial charge in [-0.1, -0.05) is 0 Å². The van der Waals surface area contributed by atoms with E-state index in [2.05, 4.69) is 0 Å². The molecule has 0 saturated carbocycles. The third kappa shape index (κ3) is 3.67. The summed E-state index contributed by atoms with van der Waals surface area (Å²) in [4.78, 5) is 38.6. The highest BCUT2D eigenvalue weighted by atomic mass is 19.1. The fourth-order valence-corrected chi connectivity index (χ4v) is 2.31. The Kier molecular flexibility index (Phi) is 4.40. The maximum Gasteiger partial charge on any atom is 0.332 e. The number of carbonyl (C=O) groups excluding carboxylic acids is 3.